The van der Waals surface area contributed by atoms with Gasteiger partial charge in [0.2, 0.25) is 5.91 Å². The van der Waals surface area contributed by atoms with Crippen LogP contribution in [-0.4, -0.2) is 44.2 Å². The number of methoxy groups -OCH3 is 2. The fraction of sp³-hybridized carbons (Fsp3) is 0.533. The molecule has 1 aromatic rings. The lowest BCUT2D eigenvalue weighted by molar-refractivity contribution is -0.130. The molecule has 1 heterocycles. The van der Waals surface area contributed by atoms with Crippen LogP contribution < -0.4 is 10.1 Å². The van der Waals surface area contributed by atoms with Crippen molar-refractivity contribution in [2.45, 2.75) is 25.6 Å². The Kier molecular flexibility index (Phi) is 4.98. The first-order chi connectivity index (χ1) is 9.67. The zero-order valence-corrected chi connectivity index (χ0v) is 12.3. The molecule has 20 heavy (non-hydrogen) atoms. The highest BCUT2D eigenvalue weighted by atomic mass is 16.5. The first-order valence-electron chi connectivity index (χ1n) is 6.86. The van der Waals surface area contributed by atoms with Gasteiger partial charge in [-0.05, 0) is 31.0 Å². The van der Waals surface area contributed by atoms with Gasteiger partial charge in [0.1, 0.15) is 11.9 Å². The summed E-state index contributed by atoms with van der Waals surface area (Å²) >= 11 is 0. The maximum atomic E-state index is 12.2. The van der Waals surface area contributed by atoms with Crippen molar-refractivity contribution >= 4 is 5.91 Å². The van der Waals surface area contributed by atoms with E-state index in [9.17, 15) is 4.79 Å². The molecule has 1 fully saturated rings. The molecule has 110 valence electrons. The standard InChI is InChI=1S/C15H22N2O3/c1-11-15(18)17(9-4-10-19-2)14(16-11)12-5-7-13(20-3)8-6-12/h5-8,11,14,16H,4,9-10H2,1-3H3. The van der Waals surface area contributed by atoms with Crippen LogP contribution in [0, 0.1) is 0 Å². The highest BCUT2D eigenvalue weighted by Gasteiger charge is 2.36. The predicted octanol–water partition coefficient (Wildman–Crippen LogP) is 1.55. The zero-order valence-electron chi connectivity index (χ0n) is 12.3. The number of hydrogen-bond acceptors (Lipinski definition) is 4. The van der Waals surface area contributed by atoms with Crippen LogP contribution >= 0.6 is 0 Å². The van der Waals surface area contributed by atoms with Crippen LogP contribution in [0.5, 0.6) is 5.75 Å². The van der Waals surface area contributed by atoms with E-state index in [2.05, 4.69) is 5.32 Å². The Labute approximate surface area is 119 Å². The fourth-order valence-electron chi connectivity index (χ4n) is 2.45. The third kappa shape index (κ3) is 3.11. The second-order valence-electron chi connectivity index (χ2n) is 4.94. The van der Waals surface area contributed by atoms with Gasteiger partial charge in [-0.15, -0.1) is 0 Å². The van der Waals surface area contributed by atoms with Gasteiger partial charge >= 0.3 is 0 Å². The summed E-state index contributed by atoms with van der Waals surface area (Å²) in [5.74, 6) is 0.957. The lowest BCUT2D eigenvalue weighted by atomic mass is 10.1. The number of hydrogen-bond donors (Lipinski definition) is 1. The molecule has 1 aliphatic heterocycles. The Bertz CT molecular complexity index is 447. The molecule has 2 unspecified atom stereocenters. The van der Waals surface area contributed by atoms with Crippen molar-refractivity contribution in [3.8, 4) is 5.75 Å². The second-order valence-corrected chi connectivity index (χ2v) is 4.94. The highest BCUT2D eigenvalue weighted by Crippen LogP contribution is 2.26. The third-order valence-electron chi connectivity index (χ3n) is 3.55. The van der Waals surface area contributed by atoms with Gasteiger partial charge in [-0.3, -0.25) is 10.1 Å². The largest absolute Gasteiger partial charge is 0.497 e. The van der Waals surface area contributed by atoms with Crippen molar-refractivity contribution in [1.29, 1.82) is 0 Å². The van der Waals surface area contributed by atoms with E-state index < -0.39 is 0 Å². The Morgan fingerprint density at radius 3 is 2.55 bits per heavy atom. The molecule has 1 amide bonds. The van der Waals surface area contributed by atoms with E-state index in [1.807, 2.05) is 36.1 Å². The maximum Gasteiger partial charge on any atom is 0.241 e. The molecule has 1 saturated heterocycles. The van der Waals surface area contributed by atoms with Crippen molar-refractivity contribution in [2.24, 2.45) is 0 Å². The minimum atomic E-state index is -0.148. The highest BCUT2D eigenvalue weighted by molar-refractivity contribution is 5.84. The van der Waals surface area contributed by atoms with Crippen LogP contribution in [0.2, 0.25) is 0 Å². The number of carbonyl (C=O) groups excluding carboxylic acids is 1. The van der Waals surface area contributed by atoms with Crippen LogP contribution in [0.25, 0.3) is 0 Å². The fourth-order valence-corrected chi connectivity index (χ4v) is 2.45. The van der Waals surface area contributed by atoms with Crippen LogP contribution in [0.3, 0.4) is 0 Å². The summed E-state index contributed by atoms with van der Waals surface area (Å²) in [6, 6.07) is 7.66. The minimum Gasteiger partial charge on any atom is -0.497 e. The minimum absolute atomic E-state index is 0.0692. The van der Waals surface area contributed by atoms with Gasteiger partial charge in [0, 0.05) is 20.3 Å². The van der Waals surface area contributed by atoms with Crippen LogP contribution in [-0.2, 0) is 9.53 Å². The summed E-state index contributed by atoms with van der Waals surface area (Å²) in [5, 5.41) is 3.33. The van der Waals surface area contributed by atoms with E-state index in [1.165, 1.54) is 0 Å². The number of ether oxygens (including phenoxy) is 2. The topological polar surface area (TPSA) is 50.8 Å². The molecule has 0 spiro atoms. The van der Waals surface area contributed by atoms with E-state index in [0.717, 1.165) is 17.7 Å². The summed E-state index contributed by atoms with van der Waals surface area (Å²) in [5.41, 5.74) is 1.07. The van der Waals surface area contributed by atoms with E-state index in [4.69, 9.17) is 9.47 Å². The van der Waals surface area contributed by atoms with Crippen molar-refractivity contribution in [3.63, 3.8) is 0 Å². The number of benzene rings is 1. The van der Waals surface area contributed by atoms with Crippen molar-refractivity contribution < 1.29 is 14.3 Å². The average molecular weight is 278 g/mol. The summed E-state index contributed by atoms with van der Waals surface area (Å²) in [4.78, 5) is 14.1. The molecule has 2 rings (SSSR count). The lowest BCUT2D eigenvalue weighted by Crippen LogP contribution is -2.32. The van der Waals surface area contributed by atoms with Gasteiger partial charge in [0.15, 0.2) is 0 Å². The van der Waals surface area contributed by atoms with Gasteiger partial charge in [0.25, 0.3) is 0 Å². The SMILES string of the molecule is COCCCN1C(=O)C(C)NC1c1ccc(OC)cc1. The molecule has 0 saturated carbocycles. The first kappa shape index (κ1) is 14.8. The zero-order chi connectivity index (χ0) is 14.5. The monoisotopic (exact) mass is 278 g/mol. The summed E-state index contributed by atoms with van der Waals surface area (Å²) in [6.07, 6.45) is 0.767. The molecule has 0 bridgehead atoms. The molecule has 1 aliphatic rings. The summed E-state index contributed by atoms with van der Waals surface area (Å²) < 4.78 is 10.2. The van der Waals surface area contributed by atoms with Gasteiger partial charge in [-0.2, -0.15) is 0 Å². The first-order valence-corrected chi connectivity index (χ1v) is 6.86. The lowest BCUT2D eigenvalue weighted by Gasteiger charge is -2.24. The molecule has 1 aromatic carbocycles. The average Bonchev–Trinajstić information content (AvgIpc) is 2.76. The van der Waals surface area contributed by atoms with E-state index in [-0.39, 0.29) is 18.1 Å². The number of nitrogens with one attached hydrogen (secondary N) is 1. The Hall–Kier alpha value is -1.59. The number of amides is 1. The van der Waals surface area contributed by atoms with E-state index >= 15 is 0 Å². The van der Waals surface area contributed by atoms with Crippen molar-refractivity contribution in [3.05, 3.63) is 29.8 Å². The van der Waals surface area contributed by atoms with Gasteiger partial charge in [-0.1, -0.05) is 12.1 Å². The summed E-state index contributed by atoms with van der Waals surface area (Å²) in [6.45, 7) is 3.25. The van der Waals surface area contributed by atoms with Crippen LogP contribution in [0.1, 0.15) is 25.1 Å². The quantitative estimate of drug-likeness (QED) is 0.802. The van der Waals surface area contributed by atoms with Gasteiger partial charge in [-0.25, -0.2) is 0 Å². The smallest absolute Gasteiger partial charge is 0.241 e. The molecular weight excluding hydrogens is 256 g/mol. The van der Waals surface area contributed by atoms with Gasteiger partial charge in [0.05, 0.1) is 13.2 Å². The summed E-state index contributed by atoms with van der Waals surface area (Å²) in [7, 11) is 3.32. The Morgan fingerprint density at radius 1 is 1.25 bits per heavy atom. The molecule has 2 atom stereocenters. The van der Waals surface area contributed by atoms with Crippen molar-refractivity contribution in [2.75, 3.05) is 27.4 Å². The Balaban J connectivity index is 2.12. The second kappa shape index (κ2) is 6.72. The molecule has 5 nitrogen and oxygen atoms in total. The molecule has 0 radical (unpaired) electrons. The Morgan fingerprint density at radius 2 is 1.95 bits per heavy atom. The van der Waals surface area contributed by atoms with E-state index in [0.29, 0.717) is 13.2 Å². The van der Waals surface area contributed by atoms with Crippen molar-refractivity contribution in [1.82, 2.24) is 10.2 Å². The molecule has 1 N–H and O–H groups in total. The molecular formula is C15H22N2O3. The predicted molar refractivity (Wildman–Crippen MR) is 76.5 cm³/mol. The van der Waals surface area contributed by atoms with E-state index in [1.54, 1.807) is 14.2 Å². The molecule has 0 aliphatic carbocycles. The number of rotatable bonds is 6. The third-order valence-corrected chi connectivity index (χ3v) is 3.55. The maximum absolute atomic E-state index is 12.2. The normalized spacial score (nSPS) is 22.4. The van der Waals surface area contributed by atoms with Crippen LogP contribution in [0.4, 0.5) is 0 Å². The van der Waals surface area contributed by atoms with Gasteiger partial charge < -0.3 is 14.4 Å². The molecule has 0 aromatic heterocycles. The number of carbonyl (C=O) groups is 1. The van der Waals surface area contributed by atoms with Crippen LogP contribution in [0.15, 0.2) is 24.3 Å². The molecule has 5 heteroatoms. The number of nitrogens with zero attached hydrogens (tertiary/aromatic N) is 1.